The fourth-order valence-corrected chi connectivity index (χ4v) is 4.77. The molecule has 0 aliphatic heterocycles. The van der Waals surface area contributed by atoms with Gasteiger partial charge in [-0.3, -0.25) is 9.59 Å². The molecule has 212 valence electrons. The van der Waals surface area contributed by atoms with Crippen molar-refractivity contribution in [1.29, 1.82) is 0 Å². The Morgan fingerprint density at radius 2 is 1.72 bits per heavy atom. The minimum atomic E-state index is -0.910. The summed E-state index contributed by atoms with van der Waals surface area (Å²) in [5, 5.41) is 6.25. The van der Waals surface area contributed by atoms with E-state index >= 15 is 0 Å². The van der Waals surface area contributed by atoms with Crippen molar-refractivity contribution in [3.05, 3.63) is 63.7 Å². The van der Waals surface area contributed by atoms with Crippen molar-refractivity contribution < 1.29 is 19.1 Å². The number of halogens is 1. The van der Waals surface area contributed by atoms with E-state index in [1.165, 1.54) is 0 Å². The third-order valence-corrected chi connectivity index (χ3v) is 7.50. The largest absolute Gasteiger partial charge is 0.444 e. The highest BCUT2D eigenvalue weighted by molar-refractivity contribution is 6.34. The van der Waals surface area contributed by atoms with Gasteiger partial charge in [0.1, 0.15) is 17.7 Å². The van der Waals surface area contributed by atoms with Crippen molar-refractivity contribution in [3.63, 3.8) is 0 Å². The van der Waals surface area contributed by atoms with Gasteiger partial charge in [0.05, 0.1) is 10.7 Å². The van der Waals surface area contributed by atoms with Crippen LogP contribution in [0.25, 0.3) is 0 Å². The molecular formula is C31H42ClN3O4. The molecule has 3 atom stereocenters. The van der Waals surface area contributed by atoms with Gasteiger partial charge in [-0.25, -0.2) is 4.79 Å². The van der Waals surface area contributed by atoms with Crippen LogP contribution < -0.4 is 10.6 Å². The van der Waals surface area contributed by atoms with Crippen LogP contribution in [0.15, 0.2) is 36.4 Å². The fourth-order valence-electron chi connectivity index (χ4n) is 4.50. The Morgan fingerprint density at radius 1 is 1.05 bits per heavy atom. The number of amides is 3. The molecule has 2 aromatic rings. The minimum absolute atomic E-state index is 0.116. The van der Waals surface area contributed by atoms with E-state index in [0.29, 0.717) is 22.7 Å². The second kappa shape index (κ2) is 12.4. The van der Waals surface area contributed by atoms with Gasteiger partial charge in [0.25, 0.3) is 5.91 Å². The van der Waals surface area contributed by atoms with E-state index < -0.39 is 23.8 Å². The molecule has 3 unspecified atom stereocenters. The molecule has 2 aromatic carbocycles. The number of nitrogens with one attached hydrogen (secondary N) is 2. The van der Waals surface area contributed by atoms with Gasteiger partial charge in [0.15, 0.2) is 0 Å². The van der Waals surface area contributed by atoms with Gasteiger partial charge < -0.3 is 20.3 Å². The molecule has 3 rings (SSSR count). The van der Waals surface area contributed by atoms with Crippen molar-refractivity contribution in [2.24, 2.45) is 5.92 Å². The fraction of sp³-hybridized carbons (Fsp3) is 0.516. The number of carbonyl (C=O) groups is 3. The van der Waals surface area contributed by atoms with Crippen LogP contribution in [0.3, 0.4) is 0 Å². The quantitative estimate of drug-likeness (QED) is 0.353. The molecule has 1 aliphatic rings. The van der Waals surface area contributed by atoms with E-state index in [1.807, 2.05) is 65.0 Å². The predicted octanol–water partition coefficient (Wildman–Crippen LogP) is 6.88. The summed E-state index contributed by atoms with van der Waals surface area (Å²) in [5.74, 6) is -0.831. The molecule has 39 heavy (non-hydrogen) atoms. The number of rotatable bonds is 9. The number of ether oxygens (including phenoxy) is 1. The number of nitrogens with zero attached hydrogens (tertiary/aromatic N) is 1. The highest BCUT2D eigenvalue weighted by Gasteiger charge is 2.45. The molecule has 0 bridgehead atoms. The number of hydrogen-bond acceptors (Lipinski definition) is 4. The van der Waals surface area contributed by atoms with Crippen LogP contribution in [0.4, 0.5) is 10.5 Å². The number of hydrogen-bond donors (Lipinski definition) is 2. The van der Waals surface area contributed by atoms with Crippen molar-refractivity contribution in [2.45, 2.75) is 98.4 Å². The zero-order valence-corrected chi connectivity index (χ0v) is 25.1. The average molecular weight is 556 g/mol. The van der Waals surface area contributed by atoms with Crippen molar-refractivity contribution in [3.8, 4) is 0 Å². The third kappa shape index (κ3) is 7.75. The van der Waals surface area contributed by atoms with E-state index in [4.69, 9.17) is 16.3 Å². The van der Waals surface area contributed by atoms with Crippen LogP contribution in [0, 0.1) is 26.7 Å². The Morgan fingerprint density at radius 3 is 2.26 bits per heavy atom. The van der Waals surface area contributed by atoms with E-state index in [-0.39, 0.29) is 23.8 Å². The van der Waals surface area contributed by atoms with Crippen LogP contribution in [-0.4, -0.2) is 40.5 Å². The third-order valence-electron chi connectivity index (χ3n) is 7.19. The van der Waals surface area contributed by atoms with Crippen molar-refractivity contribution in [1.82, 2.24) is 10.2 Å². The molecule has 0 saturated heterocycles. The second-order valence-corrected chi connectivity index (χ2v) is 12.1. The maximum atomic E-state index is 14.3. The number of anilines is 1. The SMILES string of the molecule is CCC(C)C(NC(=O)OC(C)(C)C)C(=O)N(C1CC1)C(C(=O)Nc1c(C)cccc1Cl)c1ccc(C)c(C)c1. The molecule has 2 N–H and O–H groups in total. The van der Waals surface area contributed by atoms with Gasteiger partial charge in [0.2, 0.25) is 5.91 Å². The first-order valence-electron chi connectivity index (χ1n) is 13.7. The van der Waals surface area contributed by atoms with E-state index in [2.05, 4.69) is 10.6 Å². The molecule has 0 heterocycles. The predicted molar refractivity (Wildman–Crippen MR) is 156 cm³/mol. The summed E-state index contributed by atoms with van der Waals surface area (Å²) in [6, 6.07) is 9.37. The maximum Gasteiger partial charge on any atom is 0.408 e. The van der Waals surface area contributed by atoms with Crippen molar-refractivity contribution in [2.75, 3.05) is 5.32 Å². The summed E-state index contributed by atoms with van der Waals surface area (Å²) in [7, 11) is 0. The molecule has 1 aliphatic carbocycles. The van der Waals surface area contributed by atoms with Gasteiger partial charge in [-0.1, -0.05) is 62.2 Å². The first-order chi connectivity index (χ1) is 18.2. The van der Waals surface area contributed by atoms with Crippen LogP contribution in [0.1, 0.15) is 82.2 Å². The Bertz CT molecular complexity index is 1200. The lowest BCUT2D eigenvalue weighted by atomic mass is 9.94. The molecular weight excluding hydrogens is 514 g/mol. The van der Waals surface area contributed by atoms with Crippen molar-refractivity contribution >= 4 is 35.2 Å². The molecule has 0 radical (unpaired) electrons. The van der Waals surface area contributed by atoms with E-state index in [0.717, 1.165) is 29.5 Å². The van der Waals surface area contributed by atoms with E-state index in [9.17, 15) is 14.4 Å². The summed E-state index contributed by atoms with van der Waals surface area (Å²) < 4.78 is 5.48. The molecule has 8 heteroatoms. The van der Waals surface area contributed by atoms with Crippen LogP contribution >= 0.6 is 11.6 Å². The number of aryl methyl sites for hydroxylation is 3. The monoisotopic (exact) mass is 555 g/mol. The summed E-state index contributed by atoms with van der Waals surface area (Å²) in [6.07, 6.45) is 1.57. The van der Waals surface area contributed by atoms with Gasteiger partial charge in [-0.15, -0.1) is 0 Å². The molecule has 1 saturated carbocycles. The van der Waals surface area contributed by atoms with E-state index in [1.54, 1.807) is 31.7 Å². The standard InChI is InChI=1S/C31H42ClN3O4/c1-9-18(2)26(34-30(38)39-31(6,7)8)29(37)35(23-15-16-23)27(22-14-13-19(3)21(5)17-22)28(36)33-25-20(4)11-10-12-24(25)32/h10-14,17-18,23,26-27H,9,15-16H2,1-8H3,(H,33,36)(H,34,38). The smallest absolute Gasteiger partial charge is 0.408 e. The molecule has 1 fully saturated rings. The summed E-state index contributed by atoms with van der Waals surface area (Å²) in [6.45, 7) is 15.1. The zero-order chi connectivity index (χ0) is 29.1. The number of alkyl carbamates (subject to hydrolysis) is 1. The highest BCUT2D eigenvalue weighted by atomic mass is 35.5. The summed E-state index contributed by atoms with van der Waals surface area (Å²) in [4.78, 5) is 42.9. The summed E-state index contributed by atoms with van der Waals surface area (Å²) >= 11 is 6.45. The van der Waals surface area contributed by atoms with Gasteiger partial charge >= 0.3 is 6.09 Å². The topological polar surface area (TPSA) is 87.7 Å². The van der Waals surface area contributed by atoms with Gasteiger partial charge in [0, 0.05) is 6.04 Å². The Hall–Kier alpha value is -3.06. The Kier molecular flexibility index (Phi) is 9.70. The lowest BCUT2D eigenvalue weighted by molar-refractivity contribution is -0.142. The zero-order valence-electron chi connectivity index (χ0n) is 24.4. The second-order valence-electron chi connectivity index (χ2n) is 11.7. The van der Waals surface area contributed by atoms with Crippen LogP contribution in [-0.2, 0) is 14.3 Å². The lowest BCUT2D eigenvalue weighted by Gasteiger charge is -2.36. The molecule has 7 nitrogen and oxygen atoms in total. The highest BCUT2D eigenvalue weighted by Crippen LogP contribution is 2.38. The number of benzene rings is 2. The Labute approximate surface area is 237 Å². The summed E-state index contributed by atoms with van der Waals surface area (Å²) in [5.41, 5.74) is 3.45. The first kappa shape index (κ1) is 30.5. The van der Waals surface area contributed by atoms with Crippen LogP contribution in [0.2, 0.25) is 5.02 Å². The number of para-hydroxylation sites is 1. The molecule has 0 aromatic heterocycles. The average Bonchev–Trinajstić information content (AvgIpc) is 3.68. The van der Waals surface area contributed by atoms with Crippen LogP contribution in [0.5, 0.6) is 0 Å². The normalized spacial score (nSPS) is 15.6. The minimum Gasteiger partial charge on any atom is -0.444 e. The first-order valence-corrected chi connectivity index (χ1v) is 14.1. The Balaban J connectivity index is 2.06. The molecule has 0 spiro atoms. The lowest BCUT2D eigenvalue weighted by Crippen LogP contribution is -2.55. The number of carbonyl (C=O) groups excluding carboxylic acids is 3. The van der Waals surface area contributed by atoms with Gasteiger partial charge in [-0.2, -0.15) is 0 Å². The van der Waals surface area contributed by atoms with Gasteiger partial charge in [-0.05, 0) is 88.6 Å². The maximum absolute atomic E-state index is 14.3. The molecule has 3 amide bonds.